The number of fused-ring (bicyclic) bond motifs is 3. The van der Waals surface area contributed by atoms with E-state index in [0.29, 0.717) is 36.9 Å². The second kappa shape index (κ2) is 7.37. The van der Waals surface area contributed by atoms with Crippen LogP contribution >= 0.6 is 11.6 Å². The summed E-state index contributed by atoms with van der Waals surface area (Å²) < 4.78 is 14.5. The fraction of sp³-hybridized carbons (Fsp3) is 0.435. The van der Waals surface area contributed by atoms with Crippen LogP contribution in [-0.2, 0) is 16.1 Å². The second-order valence-corrected chi connectivity index (χ2v) is 9.55. The van der Waals surface area contributed by atoms with Crippen molar-refractivity contribution in [1.29, 1.82) is 5.26 Å². The zero-order chi connectivity index (χ0) is 23.7. The molecular weight excluding hydrogens is 460 g/mol. The largest absolute Gasteiger partial charge is 0.380 e. The zero-order valence-corrected chi connectivity index (χ0v) is 19.2. The smallest absolute Gasteiger partial charge is 0.280 e. The molecule has 1 saturated heterocycles. The normalized spacial score (nSPS) is 22.1. The van der Waals surface area contributed by atoms with Crippen LogP contribution in [0.2, 0.25) is 5.02 Å². The molecule has 3 aromatic heterocycles. The molecule has 0 radical (unpaired) electrons. The maximum absolute atomic E-state index is 14.0. The van der Waals surface area contributed by atoms with Crippen LogP contribution in [0.15, 0.2) is 27.8 Å². The van der Waals surface area contributed by atoms with Crippen molar-refractivity contribution >= 4 is 28.2 Å². The molecule has 0 spiro atoms. The molecule has 1 N–H and O–H groups in total. The molecule has 2 fully saturated rings. The number of aromatic nitrogens is 5. The van der Waals surface area contributed by atoms with Gasteiger partial charge >= 0.3 is 0 Å². The number of ether oxygens (including phenoxy) is 1. The van der Waals surface area contributed by atoms with Crippen LogP contribution in [-0.4, -0.2) is 35.8 Å². The molecule has 0 amide bonds. The third-order valence-electron chi connectivity index (χ3n) is 7.01. The van der Waals surface area contributed by atoms with E-state index < -0.39 is 16.9 Å². The lowest BCUT2D eigenvalue weighted by atomic mass is 10.0. The van der Waals surface area contributed by atoms with Crippen LogP contribution in [0.1, 0.15) is 56.9 Å². The van der Waals surface area contributed by atoms with Crippen LogP contribution in [0.25, 0.3) is 28.1 Å². The highest BCUT2D eigenvalue weighted by molar-refractivity contribution is 6.32. The van der Waals surface area contributed by atoms with Crippen molar-refractivity contribution in [2.45, 2.75) is 56.8 Å². The van der Waals surface area contributed by atoms with Crippen LogP contribution in [0.5, 0.6) is 0 Å². The summed E-state index contributed by atoms with van der Waals surface area (Å²) in [7, 11) is 0. The molecule has 1 aliphatic carbocycles. The number of nitrogens with zero attached hydrogens (tertiary/aromatic N) is 6. The minimum Gasteiger partial charge on any atom is -0.380 e. The van der Waals surface area contributed by atoms with Crippen LogP contribution < -0.4 is 5.56 Å². The number of hydrogen-bond donors (Lipinski definition) is 1. The summed E-state index contributed by atoms with van der Waals surface area (Å²) in [6.45, 7) is 2.33. The molecule has 1 aromatic carbocycles. The van der Waals surface area contributed by atoms with E-state index in [-0.39, 0.29) is 33.5 Å². The summed E-state index contributed by atoms with van der Waals surface area (Å²) >= 11 is 6.35. The molecule has 34 heavy (non-hydrogen) atoms. The van der Waals surface area contributed by atoms with Crippen molar-refractivity contribution in [3.63, 3.8) is 0 Å². The fourth-order valence-corrected chi connectivity index (χ4v) is 5.46. The summed E-state index contributed by atoms with van der Waals surface area (Å²) in [6.07, 6.45) is 5.70. The Balaban J connectivity index is 1.67. The quantitative estimate of drug-likeness (QED) is 0.471. The first-order chi connectivity index (χ1) is 16.4. The zero-order valence-electron chi connectivity index (χ0n) is 18.4. The Labute approximate surface area is 198 Å². The van der Waals surface area contributed by atoms with Gasteiger partial charge in [-0.15, -0.1) is 0 Å². The molecule has 1 saturated carbocycles. The molecule has 174 valence electrons. The lowest BCUT2D eigenvalue weighted by molar-refractivity contribution is -0.0448. The Morgan fingerprint density at radius 3 is 2.71 bits per heavy atom. The van der Waals surface area contributed by atoms with E-state index in [4.69, 9.17) is 20.9 Å². The molecule has 1 aliphatic heterocycles. The summed E-state index contributed by atoms with van der Waals surface area (Å²) in [5.41, 5.74) is -0.926. The average molecular weight is 481 g/mol. The maximum atomic E-state index is 14.0. The maximum Gasteiger partial charge on any atom is 0.280 e. The molecule has 6 rings (SSSR count). The van der Waals surface area contributed by atoms with Crippen LogP contribution in [0, 0.1) is 11.3 Å². The number of aliphatic hydroxyl groups is 1. The van der Waals surface area contributed by atoms with Crippen molar-refractivity contribution in [2.24, 2.45) is 0 Å². The number of imidazole rings is 1. The van der Waals surface area contributed by atoms with Crippen molar-refractivity contribution in [3.05, 3.63) is 45.3 Å². The Morgan fingerprint density at radius 1 is 1.21 bits per heavy atom. The highest BCUT2D eigenvalue weighted by atomic mass is 35.5. The molecule has 0 bridgehead atoms. The molecule has 1 unspecified atom stereocenters. The van der Waals surface area contributed by atoms with Crippen LogP contribution in [0.4, 0.5) is 0 Å². The van der Waals surface area contributed by atoms with E-state index in [1.807, 2.05) is 6.92 Å². The van der Waals surface area contributed by atoms with Gasteiger partial charge in [-0.3, -0.25) is 13.8 Å². The Morgan fingerprint density at radius 2 is 2.00 bits per heavy atom. The van der Waals surface area contributed by atoms with Crippen molar-refractivity contribution in [3.8, 4) is 17.6 Å². The molecule has 10 nitrogen and oxygen atoms in total. The third-order valence-corrected chi connectivity index (χ3v) is 7.33. The van der Waals surface area contributed by atoms with E-state index in [0.717, 1.165) is 19.3 Å². The highest BCUT2D eigenvalue weighted by Gasteiger charge is 2.40. The summed E-state index contributed by atoms with van der Waals surface area (Å²) in [5, 5.41) is 25.0. The van der Waals surface area contributed by atoms with Gasteiger partial charge in [0.25, 0.3) is 11.4 Å². The first-order valence-electron chi connectivity index (χ1n) is 11.2. The van der Waals surface area contributed by atoms with Gasteiger partial charge in [-0.2, -0.15) is 10.2 Å². The predicted molar refractivity (Wildman–Crippen MR) is 121 cm³/mol. The van der Waals surface area contributed by atoms with E-state index >= 15 is 0 Å². The lowest BCUT2D eigenvalue weighted by Crippen LogP contribution is -2.39. The van der Waals surface area contributed by atoms with Gasteiger partial charge in [-0.05, 0) is 57.6 Å². The minimum atomic E-state index is -1.16. The number of rotatable bonds is 3. The Kier molecular flexibility index (Phi) is 4.61. The van der Waals surface area contributed by atoms with Gasteiger partial charge in [0.05, 0.1) is 21.6 Å². The lowest BCUT2D eigenvalue weighted by Gasteiger charge is -2.28. The standard InChI is InChI=1S/C23H21ClN6O4/c1-22(7-4-10-33-22)30-17-13(11-25)14(24)5-6-15(17)29-12-26-16(18(29)20(30)31)19-27-21(34-28-19)23(32)8-2-3-9-23/h5-6,12,32H,2-4,7-10H2,1H3. The molecule has 4 heterocycles. The SMILES string of the molecule is CC1(n2c(=O)c3c(-c4noc(C5(O)CCCC5)n4)ncn3c3ccc(Cl)c(C#N)c32)CCCO1. The van der Waals surface area contributed by atoms with E-state index in [1.165, 1.54) is 10.9 Å². The van der Waals surface area contributed by atoms with Crippen molar-refractivity contribution in [2.75, 3.05) is 6.61 Å². The molecule has 2 aliphatic rings. The molecule has 4 aromatic rings. The molecular formula is C23H21ClN6O4. The van der Waals surface area contributed by atoms with Gasteiger partial charge in [0.1, 0.15) is 34.9 Å². The number of benzene rings is 1. The van der Waals surface area contributed by atoms with Gasteiger partial charge in [0.15, 0.2) is 0 Å². The van der Waals surface area contributed by atoms with E-state index in [1.54, 1.807) is 16.5 Å². The average Bonchev–Trinajstić information content (AvgIpc) is 3.60. The van der Waals surface area contributed by atoms with E-state index in [2.05, 4.69) is 21.2 Å². The first-order valence-corrected chi connectivity index (χ1v) is 11.6. The first kappa shape index (κ1) is 21.3. The highest BCUT2D eigenvalue weighted by Crippen LogP contribution is 2.39. The van der Waals surface area contributed by atoms with E-state index in [9.17, 15) is 15.2 Å². The number of nitriles is 1. The monoisotopic (exact) mass is 480 g/mol. The topological polar surface area (TPSA) is 131 Å². The molecule has 11 heteroatoms. The predicted octanol–water partition coefficient (Wildman–Crippen LogP) is 3.47. The van der Waals surface area contributed by atoms with Crippen molar-refractivity contribution in [1.82, 2.24) is 24.1 Å². The second-order valence-electron chi connectivity index (χ2n) is 9.14. The minimum absolute atomic E-state index is 0.118. The van der Waals surface area contributed by atoms with Gasteiger partial charge in [-0.25, -0.2) is 4.98 Å². The van der Waals surface area contributed by atoms with Crippen LogP contribution in [0.3, 0.4) is 0 Å². The Hall–Kier alpha value is -3.26. The Bertz CT molecular complexity index is 1550. The summed E-state index contributed by atoms with van der Waals surface area (Å²) in [6, 6.07) is 5.51. The van der Waals surface area contributed by atoms with Gasteiger partial charge in [-0.1, -0.05) is 16.8 Å². The van der Waals surface area contributed by atoms with Gasteiger partial charge in [0, 0.05) is 6.61 Å². The third kappa shape index (κ3) is 2.87. The fourth-order valence-electron chi connectivity index (χ4n) is 5.26. The van der Waals surface area contributed by atoms with Gasteiger partial charge in [0.2, 0.25) is 5.82 Å². The van der Waals surface area contributed by atoms with Crippen molar-refractivity contribution < 1.29 is 14.4 Å². The number of hydrogen-bond acceptors (Lipinski definition) is 8. The summed E-state index contributed by atoms with van der Waals surface area (Å²) in [5.74, 6) is 0.250. The number of halogens is 1. The van der Waals surface area contributed by atoms with Gasteiger partial charge < -0.3 is 14.4 Å². The summed E-state index contributed by atoms with van der Waals surface area (Å²) in [4.78, 5) is 22.9. The molecule has 1 atom stereocenters.